The number of piperidine rings is 1. The third-order valence-electron chi connectivity index (χ3n) is 15.9. The van der Waals surface area contributed by atoms with Gasteiger partial charge in [-0.15, -0.1) is 0 Å². The van der Waals surface area contributed by atoms with Crippen LogP contribution in [-0.4, -0.2) is 239 Å². The molecule has 10 atom stereocenters. The van der Waals surface area contributed by atoms with Gasteiger partial charge in [0.25, 0.3) is 0 Å². The van der Waals surface area contributed by atoms with Crippen molar-refractivity contribution < 1.29 is 57.8 Å². The maximum atomic E-state index is 14.7. The van der Waals surface area contributed by atoms with Gasteiger partial charge in [0.05, 0.1) is 19.1 Å². The first-order chi connectivity index (χ1) is 37.7. The van der Waals surface area contributed by atoms with Crippen LogP contribution in [-0.2, 0) is 59.2 Å². The SMILES string of the molecule is CC(C)C[C@H]1C(=O)N(C)[C@@H](C)C(=O)N(C)[C@@H](CC(C)C)C(=O)N[C@H](C(=O)N2CCCCC2)CC(=O)N(C)[C@H](C)C(=O)N(C)[C@@H](Cc2ccccc2)C(=O)N[C@@H]([C@@H](C)O)C(=O)N(C)[C@@H](C)C(=O)N(C)[C@@H](CC(C)C)C(=O)NCC(=O)N1C. The smallest absolute Gasteiger partial charge is 0.248 e. The molecule has 81 heavy (non-hydrogen) atoms. The molecule has 0 aromatic heterocycles. The van der Waals surface area contributed by atoms with Gasteiger partial charge >= 0.3 is 0 Å². The van der Waals surface area contributed by atoms with E-state index in [-0.39, 0.29) is 43.4 Å². The predicted molar refractivity (Wildman–Crippen MR) is 305 cm³/mol. The zero-order valence-electron chi connectivity index (χ0n) is 51.2. The lowest BCUT2D eigenvalue weighted by atomic mass is 9.99. The molecule has 23 nitrogen and oxygen atoms in total. The van der Waals surface area contributed by atoms with E-state index in [1.54, 1.807) is 35.2 Å². The van der Waals surface area contributed by atoms with E-state index in [2.05, 4.69) is 16.0 Å². The van der Waals surface area contributed by atoms with Crippen LogP contribution in [0, 0.1) is 17.8 Å². The molecule has 2 saturated heterocycles. The third kappa shape index (κ3) is 18.4. The normalized spacial score (nSPS) is 26.8. The van der Waals surface area contributed by atoms with Crippen LogP contribution < -0.4 is 16.0 Å². The molecule has 1 aromatic carbocycles. The minimum absolute atomic E-state index is 0.0758. The van der Waals surface area contributed by atoms with Crippen molar-refractivity contribution in [3.63, 3.8) is 0 Å². The molecule has 3 rings (SSSR count). The molecule has 1 aromatic rings. The predicted octanol–water partition coefficient (Wildman–Crippen LogP) is 1.10. The van der Waals surface area contributed by atoms with Crippen molar-refractivity contribution in [3.8, 4) is 0 Å². The first-order valence-corrected chi connectivity index (χ1v) is 28.5. The van der Waals surface area contributed by atoms with E-state index in [1.165, 1.54) is 96.6 Å². The van der Waals surface area contributed by atoms with Crippen LogP contribution in [0.4, 0.5) is 0 Å². The van der Waals surface area contributed by atoms with E-state index >= 15 is 0 Å². The molecular weight excluding hydrogens is 1040 g/mol. The van der Waals surface area contributed by atoms with Crippen molar-refractivity contribution in [2.24, 2.45) is 17.8 Å². The largest absolute Gasteiger partial charge is 0.391 e. The standard InChI is InChI=1S/C58H95N11O12/c1-34(2)28-43-50(73)59-33-48(72)65(14)46(30-36(5)6)57(80)63(12)38(8)54(77)67(16)44(29-35(3)4)51(74)60-42(56(79)69-26-22-19-23-27-69)32-47(71)62(11)37(7)53(76)68(17)45(31-41-24-20-18-21-25-41)52(75)61-49(40(10)70)58(81)64(13)39(9)55(78)66(43)15/h18,20-21,24-25,34-40,42-46,49,70H,19,22-23,26-33H2,1-17H3,(H,59,73)(H,60,74)(H,61,75)/t37-,38+,39+,40-,42+,43+,44+,45+,46+,49+/m1/s1. The van der Waals surface area contributed by atoms with Crippen molar-refractivity contribution in [3.05, 3.63) is 35.9 Å². The molecule has 4 N–H and O–H groups in total. The summed E-state index contributed by atoms with van der Waals surface area (Å²) < 4.78 is 0. The van der Waals surface area contributed by atoms with E-state index in [0.29, 0.717) is 31.5 Å². The number of rotatable bonds is 10. The Labute approximate surface area is 480 Å². The molecule has 2 aliphatic heterocycles. The summed E-state index contributed by atoms with van der Waals surface area (Å²) in [6.45, 7) is 16.9. The van der Waals surface area contributed by atoms with Gasteiger partial charge in [-0.2, -0.15) is 0 Å². The second-order valence-electron chi connectivity index (χ2n) is 23.5. The van der Waals surface area contributed by atoms with Crippen molar-refractivity contribution in [1.82, 2.24) is 55.1 Å². The molecule has 0 aliphatic carbocycles. The van der Waals surface area contributed by atoms with Crippen molar-refractivity contribution in [1.29, 1.82) is 0 Å². The number of hydrogen-bond donors (Lipinski definition) is 4. The summed E-state index contributed by atoms with van der Waals surface area (Å²) >= 11 is 0. The molecule has 2 aliphatic rings. The number of amides is 11. The summed E-state index contributed by atoms with van der Waals surface area (Å²) in [5.74, 6) is -8.05. The summed E-state index contributed by atoms with van der Waals surface area (Å²) in [5.41, 5.74) is 0.626. The Morgan fingerprint density at radius 2 is 0.938 bits per heavy atom. The number of aliphatic hydroxyl groups excluding tert-OH is 1. The highest BCUT2D eigenvalue weighted by molar-refractivity contribution is 5.99. The molecule has 23 heteroatoms. The molecule has 0 unspecified atom stereocenters. The Morgan fingerprint density at radius 3 is 1.42 bits per heavy atom. The number of likely N-dealkylation sites (N-methyl/N-ethyl adjacent to an activating group) is 7. The van der Waals surface area contributed by atoms with E-state index in [0.717, 1.165) is 21.1 Å². The van der Waals surface area contributed by atoms with Crippen molar-refractivity contribution >= 4 is 65.0 Å². The van der Waals surface area contributed by atoms with Crippen LogP contribution in [0.15, 0.2) is 30.3 Å². The summed E-state index contributed by atoms with van der Waals surface area (Å²) in [6.07, 6.45) is 0.522. The molecule has 0 saturated carbocycles. The number of carbonyl (C=O) groups excluding carboxylic acids is 11. The second kappa shape index (κ2) is 31.0. The van der Waals surface area contributed by atoms with E-state index in [4.69, 9.17) is 0 Å². The second-order valence-corrected chi connectivity index (χ2v) is 23.5. The quantitative estimate of drug-likeness (QED) is 0.257. The highest BCUT2D eigenvalue weighted by Gasteiger charge is 2.42. The number of likely N-dealkylation sites (tertiary alicyclic amines) is 1. The number of benzene rings is 1. The van der Waals surface area contributed by atoms with E-state index < -0.39 is 138 Å². The lowest BCUT2D eigenvalue weighted by molar-refractivity contribution is -0.152. The first-order valence-electron chi connectivity index (χ1n) is 28.5. The van der Waals surface area contributed by atoms with Gasteiger partial charge in [0.1, 0.15) is 54.4 Å². The molecule has 0 spiro atoms. The van der Waals surface area contributed by atoms with Crippen LogP contribution >= 0.6 is 0 Å². The van der Waals surface area contributed by atoms with Crippen LogP contribution in [0.2, 0.25) is 0 Å². The average Bonchev–Trinajstić information content (AvgIpc) is 3.43. The van der Waals surface area contributed by atoms with Crippen LogP contribution in [0.25, 0.3) is 0 Å². The van der Waals surface area contributed by atoms with Crippen LogP contribution in [0.3, 0.4) is 0 Å². The van der Waals surface area contributed by atoms with Gasteiger partial charge in [0, 0.05) is 68.8 Å². The highest BCUT2D eigenvalue weighted by Crippen LogP contribution is 2.22. The third-order valence-corrected chi connectivity index (χ3v) is 15.9. The number of carbonyl (C=O) groups is 11. The molecular formula is C58H95N11O12. The fraction of sp³-hybridized carbons (Fsp3) is 0.707. The summed E-state index contributed by atoms with van der Waals surface area (Å²) in [7, 11) is 9.69. The fourth-order valence-corrected chi connectivity index (χ4v) is 10.1. The monoisotopic (exact) mass is 1140 g/mol. The summed E-state index contributed by atoms with van der Waals surface area (Å²) in [4.78, 5) is 168. The zero-order chi connectivity index (χ0) is 61.5. The number of nitrogens with zero attached hydrogens (tertiary/aromatic N) is 8. The van der Waals surface area contributed by atoms with Gasteiger partial charge in [-0.3, -0.25) is 52.7 Å². The van der Waals surface area contributed by atoms with Crippen LogP contribution in [0.1, 0.15) is 120 Å². The molecule has 2 heterocycles. The topological polar surface area (TPSA) is 270 Å². The number of aliphatic hydroxyl groups is 1. The van der Waals surface area contributed by atoms with Gasteiger partial charge in [0.15, 0.2) is 0 Å². The molecule has 0 bridgehead atoms. The van der Waals surface area contributed by atoms with Gasteiger partial charge in [-0.05, 0) is 89.5 Å². The van der Waals surface area contributed by atoms with Crippen molar-refractivity contribution in [2.75, 3.05) is 69.0 Å². The van der Waals surface area contributed by atoms with E-state index in [1.807, 2.05) is 41.5 Å². The maximum absolute atomic E-state index is 14.7. The number of nitrogens with one attached hydrogen (secondary N) is 3. The highest BCUT2D eigenvalue weighted by atomic mass is 16.3. The van der Waals surface area contributed by atoms with Gasteiger partial charge in [-0.25, -0.2) is 0 Å². The maximum Gasteiger partial charge on any atom is 0.248 e. The Kier molecular flexibility index (Phi) is 26.2. The first kappa shape index (κ1) is 68.6. The van der Waals surface area contributed by atoms with Gasteiger partial charge in [0.2, 0.25) is 65.0 Å². The summed E-state index contributed by atoms with van der Waals surface area (Å²) in [6, 6.07) is -2.85. The molecule has 454 valence electrons. The minimum atomic E-state index is -1.65. The zero-order valence-corrected chi connectivity index (χ0v) is 51.2. The lowest BCUT2D eigenvalue weighted by Crippen LogP contribution is -2.61. The fourth-order valence-electron chi connectivity index (χ4n) is 10.1. The Morgan fingerprint density at radius 1 is 0.506 bits per heavy atom. The molecule has 11 amide bonds. The Bertz CT molecular complexity index is 2380. The lowest BCUT2D eigenvalue weighted by Gasteiger charge is -2.37. The Hall–Kier alpha value is -6.65. The summed E-state index contributed by atoms with van der Waals surface area (Å²) in [5, 5.41) is 19.2. The van der Waals surface area contributed by atoms with Gasteiger partial charge in [-0.1, -0.05) is 71.9 Å². The van der Waals surface area contributed by atoms with Crippen molar-refractivity contribution in [2.45, 2.75) is 181 Å². The van der Waals surface area contributed by atoms with Gasteiger partial charge < -0.3 is 60.3 Å². The van der Waals surface area contributed by atoms with Crippen LogP contribution in [0.5, 0.6) is 0 Å². The average molecular weight is 1140 g/mol. The molecule has 0 radical (unpaired) electrons. The molecule has 2 fully saturated rings. The van der Waals surface area contributed by atoms with E-state index in [9.17, 15) is 57.8 Å². The minimum Gasteiger partial charge on any atom is -0.391 e. The number of hydrogen-bond acceptors (Lipinski definition) is 12. The Balaban J connectivity index is 2.24.